The van der Waals surface area contributed by atoms with E-state index in [-0.39, 0.29) is 5.92 Å². The molecule has 0 fully saturated rings. The molecule has 0 heterocycles. The minimum atomic E-state index is 0.114. The normalized spacial score (nSPS) is 12.3. The molecule has 0 saturated carbocycles. The zero-order valence-electron chi connectivity index (χ0n) is 18.4. The number of unbranched alkanes of at least 4 members (excludes halogenated alkanes) is 2. The number of benzene rings is 2. The standard InChI is InChI=1S/C26H38O2/c1-6-9-12-20-16-25(26(28)15-18(20)4)23(11-8-3)24-17-21(27)14-19(5)22(24)13-10-7-2/h14-17,23,27-28H,6-13H2,1-5H3. The maximum Gasteiger partial charge on any atom is 0.119 e. The van der Waals surface area contributed by atoms with Gasteiger partial charge in [-0.3, -0.25) is 0 Å². The van der Waals surface area contributed by atoms with Crippen molar-refractivity contribution in [3.8, 4) is 11.5 Å². The lowest BCUT2D eigenvalue weighted by Gasteiger charge is -2.25. The number of rotatable bonds is 10. The molecule has 1 atom stereocenters. The zero-order valence-corrected chi connectivity index (χ0v) is 18.4. The van der Waals surface area contributed by atoms with E-state index in [0.29, 0.717) is 11.5 Å². The van der Waals surface area contributed by atoms with E-state index in [2.05, 4.69) is 40.7 Å². The number of phenolic OH excluding ortho intramolecular Hbond substituents is 2. The second kappa shape index (κ2) is 10.5. The van der Waals surface area contributed by atoms with Gasteiger partial charge in [-0.2, -0.15) is 0 Å². The van der Waals surface area contributed by atoms with E-state index in [1.54, 1.807) is 0 Å². The third-order valence-corrected chi connectivity index (χ3v) is 5.89. The molecule has 2 aromatic rings. The Hall–Kier alpha value is -1.96. The van der Waals surface area contributed by atoms with E-state index >= 15 is 0 Å². The maximum atomic E-state index is 10.8. The summed E-state index contributed by atoms with van der Waals surface area (Å²) >= 11 is 0. The molecular formula is C26H38O2. The third-order valence-electron chi connectivity index (χ3n) is 5.89. The van der Waals surface area contributed by atoms with Crippen LogP contribution in [-0.2, 0) is 12.8 Å². The molecule has 0 amide bonds. The number of aryl methyl sites for hydroxylation is 3. The first-order chi connectivity index (χ1) is 13.4. The first-order valence-corrected chi connectivity index (χ1v) is 11.1. The van der Waals surface area contributed by atoms with Crippen LogP contribution in [0.25, 0.3) is 0 Å². The highest BCUT2D eigenvalue weighted by atomic mass is 16.3. The summed E-state index contributed by atoms with van der Waals surface area (Å²) in [4.78, 5) is 0. The molecule has 1 unspecified atom stereocenters. The Bertz CT molecular complexity index is 776. The molecule has 0 saturated heterocycles. The summed E-state index contributed by atoms with van der Waals surface area (Å²) in [5.41, 5.74) is 7.20. The van der Waals surface area contributed by atoms with Gasteiger partial charge in [-0.15, -0.1) is 0 Å². The molecule has 0 aromatic heterocycles. The van der Waals surface area contributed by atoms with Crippen LogP contribution < -0.4 is 0 Å². The molecule has 0 radical (unpaired) electrons. The molecule has 2 nitrogen and oxygen atoms in total. The van der Waals surface area contributed by atoms with Gasteiger partial charge in [0.15, 0.2) is 0 Å². The fourth-order valence-corrected chi connectivity index (χ4v) is 4.27. The first kappa shape index (κ1) is 22.3. The van der Waals surface area contributed by atoms with Crippen LogP contribution >= 0.6 is 0 Å². The second-order valence-electron chi connectivity index (χ2n) is 8.22. The Morgan fingerprint density at radius 2 is 1.43 bits per heavy atom. The monoisotopic (exact) mass is 382 g/mol. The quantitative estimate of drug-likeness (QED) is 0.451. The topological polar surface area (TPSA) is 40.5 Å². The van der Waals surface area contributed by atoms with Crippen molar-refractivity contribution in [3.05, 3.63) is 57.6 Å². The highest BCUT2D eigenvalue weighted by Crippen LogP contribution is 2.40. The summed E-state index contributed by atoms with van der Waals surface area (Å²) in [5.74, 6) is 0.828. The predicted octanol–water partition coefficient (Wildman–Crippen LogP) is 7.33. The largest absolute Gasteiger partial charge is 0.508 e. The Labute approximate surface area is 171 Å². The smallest absolute Gasteiger partial charge is 0.119 e. The van der Waals surface area contributed by atoms with E-state index < -0.39 is 0 Å². The van der Waals surface area contributed by atoms with Gasteiger partial charge >= 0.3 is 0 Å². The van der Waals surface area contributed by atoms with E-state index in [1.165, 1.54) is 28.7 Å². The lowest BCUT2D eigenvalue weighted by Crippen LogP contribution is -2.08. The van der Waals surface area contributed by atoms with Gasteiger partial charge in [-0.1, -0.05) is 46.1 Å². The third kappa shape index (κ3) is 5.31. The fourth-order valence-electron chi connectivity index (χ4n) is 4.27. The van der Waals surface area contributed by atoms with E-state index in [4.69, 9.17) is 0 Å². The maximum absolute atomic E-state index is 10.8. The van der Waals surface area contributed by atoms with Crippen molar-refractivity contribution in [3.63, 3.8) is 0 Å². The van der Waals surface area contributed by atoms with Crippen molar-refractivity contribution in [1.82, 2.24) is 0 Å². The summed E-state index contributed by atoms with van der Waals surface area (Å²) in [7, 11) is 0. The van der Waals surface area contributed by atoms with Crippen molar-refractivity contribution in [2.24, 2.45) is 0 Å². The van der Waals surface area contributed by atoms with Gasteiger partial charge < -0.3 is 10.2 Å². The van der Waals surface area contributed by atoms with E-state index in [9.17, 15) is 10.2 Å². The number of phenols is 2. The van der Waals surface area contributed by atoms with Crippen LogP contribution in [0.3, 0.4) is 0 Å². The minimum absolute atomic E-state index is 0.114. The van der Waals surface area contributed by atoms with Gasteiger partial charge in [0.2, 0.25) is 0 Å². The Morgan fingerprint density at radius 1 is 0.750 bits per heavy atom. The predicted molar refractivity (Wildman–Crippen MR) is 120 cm³/mol. The molecule has 2 heteroatoms. The van der Waals surface area contributed by atoms with Crippen LogP contribution in [0.2, 0.25) is 0 Å². The van der Waals surface area contributed by atoms with Gasteiger partial charge in [0.1, 0.15) is 11.5 Å². The van der Waals surface area contributed by atoms with Crippen LogP contribution in [-0.4, -0.2) is 10.2 Å². The molecule has 2 aromatic carbocycles. The van der Waals surface area contributed by atoms with Gasteiger partial charge in [0.25, 0.3) is 0 Å². The summed E-state index contributed by atoms with van der Waals surface area (Å²) in [5, 5.41) is 21.2. The SMILES string of the molecule is CCCCc1cc(C(CCC)c2cc(O)cc(C)c2CCCC)c(O)cc1C. The van der Waals surface area contributed by atoms with Crippen molar-refractivity contribution >= 4 is 0 Å². The molecule has 2 N–H and O–H groups in total. The van der Waals surface area contributed by atoms with Crippen molar-refractivity contribution in [2.75, 3.05) is 0 Å². The summed E-state index contributed by atoms with van der Waals surface area (Å²) < 4.78 is 0. The molecule has 0 aliphatic heterocycles. The van der Waals surface area contributed by atoms with Gasteiger partial charge in [0, 0.05) is 11.5 Å². The molecule has 28 heavy (non-hydrogen) atoms. The van der Waals surface area contributed by atoms with Gasteiger partial charge in [-0.25, -0.2) is 0 Å². The van der Waals surface area contributed by atoms with Crippen molar-refractivity contribution in [1.29, 1.82) is 0 Å². The molecule has 0 aliphatic carbocycles. The highest BCUT2D eigenvalue weighted by Gasteiger charge is 2.23. The lowest BCUT2D eigenvalue weighted by atomic mass is 9.80. The highest BCUT2D eigenvalue weighted by molar-refractivity contribution is 5.51. The number of aromatic hydroxyl groups is 2. The molecule has 0 aliphatic rings. The summed E-state index contributed by atoms with van der Waals surface area (Å²) in [6, 6.07) is 7.97. The second-order valence-corrected chi connectivity index (χ2v) is 8.22. The molecule has 0 spiro atoms. The average Bonchev–Trinajstić information content (AvgIpc) is 2.65. The van der Waals surface area contributed by atoms with Crippen LogP contribution in [0.4, 0.5) is 0 Å². The number of hydrogen-bond acceptors (Lipinski definition) is 2. The summed E-state index contributed by atoms with van der Waals surface area (Å²) in [6.45, 7) is 10.8. The van der Waals surface area contributed by atoms with Gasteiger partial charge in [-0.05, 0) is 92.0 Å². The Kier molecular flexibility index (Phi) is 8.41. The van der Waals surface area contributed by atoms with Gasteiger partial charge in [0.05, 0.1) is 0 Å². The summed E-state index contributed by atoms with van der Waals surface area (Å²) in [6.07, 6.45) is 8.69. The zero-order chi connectivity index (χ0) is 20.7. The molecule has 0 bridgehead atoms. The molecule has 2 rings (SSSR count). The van der Waals surface area contributed by atoms with E-state index in [0.717, 1.165) is 56.1 Å². The van der Waals surface area contributed by atoms with Crippen LogP contribution in [0.1, 0.15) is 98.6 Å². The van der Waals surface area contributed by atoms with E-state index in [1.807, 2.05) is 18.2 Å². The number of hydrogen-bond donors (Lipinski definition) is 2. The lowest BCUT2D eigenvalue weighted by molar-refractivity contribution is 0.459. The van der Waals surface area contributed by atoms with Crippen LogP contribution in [0.15, 0.2) is 24.3 Å². The fraction of sp³-hybridized carbons (Fsp3) is 0.538. The van der Waals surface area contributed by atoms with Crippen LogP contribution in [0.5, 0.6) is 11.5 Å². The van der Waals surface area contributed by atoms with Crippen LogP contribution in [0, 0.1) is 13.8 Å². The Balaban J connectivity index is 2.60. The van der Waals surface area contributed by atoms with Crippen molar-refractivity contribution < 1.29 is 10.2 Å². The first-order valence-electron chi connectivity index (χ1n) is 11.1. The Morgan fingerprint density at radius 3 is 2.07 bits per heavy atom. The minimum Gasteiger partial charge on any atom is -0.508 e. The molecular weight excluding hydrogens is 344 g/mol. The average molecular weight is 383 g/mol. The molecule has 154 valence electrons. The van der Waals surface area contributed by atoms with Crippen molar-refractivity contribution in [2.45, 2.75) is 91.9 Å².